The summed E-state index contributed by atoms with van der Waals surface area (Å²) in [6.45, 7) is 0. The molecule has 1 amide bonds. The largest absolute Gasteiger partial charge is 0.360 e. The van der Waals surface area contributed by atoms with Gasteiger partial charge in [-0.25, -0.2) is 14.6 Å². The van der Waals surface area contributed by atoms with Crippen LogP contribution in [0.3, 0.4) is 0 Å². The van der Waals surface area contributed by atoms with Gasteiger partial charge in [-0.05, 0) is 25.3 Å². The number of fused-ring (bicyclic) bond motifs is 1. The highest BCUT2D eigenvalue weighted by atomic mass is 16.5. The average Bonchev–Trinajstić information content (AvgIpc) is 3.21. The number of aryl methyl sites for hydroxylation is 1. The first kappa shape index (κ1) is 14.6. The smallest absolute Gasteiger partial charge is 0.278 e. The molecule has 3 aromatic rings. The number of hydrogen-bond donors (Lipinski definition) is 1. The number of hydrogen-bond acceptors (Lipinski definition) is 6. The van der Waals surface area contributed by atoms with Crippen molar-refractivity contribution in [1.82, 2.24) is 24.9 Å². The molecule has 1 N–H and O–H groups in total. The van der Waals surface area contributed by atoms with Crippen LogP contribution in [0.5, 0.6) is 0 Å². The van der Waals surface area contributed by atoms with Gasteiger partial charge in [-0.2, -0.15) is 5.10 Å². The third kappa shape index (κ3) is 2.66. The maximum absolute atomic E-state index is 12.7. The van der Waals surface area contributed by atoms with Gasteiger partial charge in [0.25, 0.3) is 5.91 Å². The van der Waals surface area contributed by atoms with E-state index in [2.05, 4.69) is 25.5 Å². The van der Waals surface area contributed by atoms with Crippen LogP contribution in [0.4, 0.5) is 5.69 Å². The van der Waals surface area contributed by atoms with Crippen LogP contribution in [0.25, 0.3) is 5.82 Å². The molecule has 0 bridgehead atoms. The van der Waals surface area contributed by atoms with Crippen molar-refractivity contribution in [2.75, 3.05) is 5.32 Å². The van der Waals surface area contributed by atoms with E-state index < -0.39 is 0 Å². The van der Waals surface area contributed by atoms with Gasteiger partial charge in [0.15, 0.2) is 11.5 Å². The second-order valence-electron chi connectivity index (χ2n) is 5.66. The Morgan fingerprint density at radius 3 is 3.04 bits per heavy atom. The minimum atomic E-state index is -0.315. The van der Waals surface area contributed by atoms with Gasteiger partial charge in [0.05, 0.1) is 6.20 Å². The molecule has 8 heteroatoms. The number of nitrogens with one attached hydrogen (secondary N) is 1. The molecule has 0 spiro atoms. The number of nitrogens with zero attached hydrogens (tertiary/aromatic N) is 5. The predicted octanol–water partition coefficient (Wildman–Crippen LogP) is 2.17. The molecule has 1 aliphatic carbocycles. The highest BCUT2D eigenvalue weighted by Crippen LogP contribution is 2.25. The number of anilines is 1. The maximum Gasteiger partial charge on any atom is 0.278 e. The standard InChI is InChI=1S/C16H16N6O2/c23-16(14-11-5-2-1-3-6-13(11)24-21-14)20-12-9-17-10-18-15(12)22-8-4-7-19-22/h4,7-10H,1-3,5-6H2,(H,20,23). The molecule has 0 unspecified atom stereocenters. The van der Waals surface area contributed by atoms with Gasteiger partial charge in [0.1, 0.15) is 17.8 Å². The molecule has 3 aromatic heterocycles. The molecule has 4 rings (SSSR count). The molecule has 0 atom stereocenters. The van der Waals surface area contributed by atoms with Gasteiger partial charge in [-0.3, -0.25) is 4.79 Å². The fourth-order valence-electron chi connectivity index (χ4n) is 2.91. The zero-order valence-electron chi connectivity index (χ0n) is 13.0. The summed E-state index contributed by atoms with van der Waals surface area (Å²) in [5.41, 5.74) is 1.74. The highest BCUT2D eigenvalue weighted by Gasteiger charge is 2.24. The van der Waals surface area contributed by atoms with Gasteiger partial charge < -0.3 is 9.84 Å². The number of aromatic nitrogens is 5. The lowest BCUT2D eigenvalue weighted by molar-refractivity contribution is 0.101. The molecule has 8 nitrogen and oxygen atoms in total. The van der Waals surface area contributed by atoms with E-state index in [1.165, 1.54) is 6.33 Å². The Morgan fingerprint density at radius 1 is 1.25 bits per heavy atom. The molecule has 122 valence electrons. The van der Waals surface area contributed by atoms with Crippen LogP contribution >= 0.6 is 0 Å². The molecule has 24 heavy (non-hydrogen) atoms. The lowest BCUT2D eigenvalue weighted by atomic mass is 10.1. The Hall–Kier alpha value is -3.03. The van der Waals surface area contributed by atoms with Crippen molar-refractivity contribution in [1.29, 1.82) is 0 Å². The maximum atomic E-state index is 12.7. The minimum absolute atomic E-state index is 0.315. The number of carbonyl (C=O) groups excluding carboxylic acids is 1. The van der Waals surface area contributed by atoms with Crippen LogP contribution in [0, 0.1) is 0 Å². The molecule has 0 saturated carbocycles. The van der Waals surface area contributed by atoms with Crippen molar-refractivity contribution in [3.8, 4) is 5.82 Å². The summed E-state index contributed by atoms with van der Waals surface area (Å²) in [6, 6.07) is 1.78. The Morgan fingerprint density at radius 2 is 2.17 bits per heavy atom. The van der Waals surface area contributed by atoms with Crippen molar-refractivity contribution in [3.05, 3.63) is 48.0 Å². The molecule has 3 heterocycles. The summed E-state index contributed by atoms with van der Waals surface area (Å²) in [5, 5.41) is 10.9. The number of rotatable bonds is 3. The molecule has 1 aliphatic rings. The zero-order chi connectivity index (χ0) is 16.4. The summed E-state index contributed by atoms with van der Waals surface area (Å²) >= 11 is 0. The SMILES string of the molecule is O=C(Nc1cncnc1-n1cccn1)c1noc2c1CCCCC2. The average molecular weight is 324 g/mol. The van der Waals surface area contributed by atoms with Gasteiger partial charge in [-0.15, -0.1) is 0 Å². The number of amides is 1. The molecular weight excluding hydrogens is 308 g/mol. The Balaban J connectivity index is 1.63. The van der Waals surface area contributed by atoms with Crippen molar-refractivity contribution in [2.24, 2.45) is 0 Å². The minimum Gasteiger partial charge on any atom is -0.360 e. The van der Waals surface area contributed by atoms with Gasteiger partial charge >= 0.3 is 0 Å². The summed E-state index contributed by atoms with van der Waals surface area (Å²) in [6.07, 6.45) is 11.3. The van der Waals surface area contributed by atoms with Crippen LogP contribution in [0.1, 0.15) is 41.1 Å². The molecule has 0 aromatic carbocycles. The van der Waals surface area contributed by atoms with E-state index >= 15 is 0 Å². The Labute approximate surface area is 137 Å². The highest BCUT2D eigenvalue weighted by molar-refractivity contribution is 6.04. The lowest BCUT2D eigenvalue weighted by Crippen LogP contribution is -2.17. The molecule has 0 aliphatic heterocycles. The third-order valence-corrected chi connectivity index (χ3v) is 4.08. The van der Waals surface area contributed by atoms with Gasteiger partial charge in [0, 0.05) is 24.4 Å². The Bertz CT molecular complexity index is 855. The van der Waals surface area contributed by atoms with Crippen LogP contribution in [-0.4, -0.2) is 30.8 Å². The van der Waals surface area contributed by atoms with Crippen molar-refractivity contribution in [2.45, 2.75) is 32.1 Å². The monoisotopic (exact) mass is 324 g/mol. The predicted molar refractivity (Wildman–Crippen MR) is 84.9 cm³/mol. The van der Waals surface area contributed by atoms with E-state index in [-0.39, 0.29) is 5.91 Å². The fraction of sp³-hybridized carbons (Fsp3) is 0.312. The molecule has 0 saturated heterocycles. The second kappa shape index (κ2) is 6.23. The van der Waals surface area contributed by atoms with Gasteiger partial charge in [0.2, 0.25) is 0 Å². The van der Waals surface area contributed by atoms with Crippen LogP contribution in [0.2, 0.25) is 0 Å². The number of carbonyl (C=O) groups is 1. The van der Waals surface area contributed by atoms with Crippen LogP contribution < -0.4 is 5.32 Å². The van der Waals surface area contributed by atoms with Crippen LogP contribution in [0.15, 0.2) is 35.5 Å². The Kier molecular flexibility index (Phi) is 3.78. The van der Waals surface area contributed by atoms with E-state index in [1.54, 1.807) is 29.3 Å². The van der Waals surface area contributed by atoms with E-state index in [9.17, 15) is 4.79 Å². The lowest BCUT2D eigenvalue weighted by Gasteiger charge is -2.08. The van der Waals surface area contributed by atoms with Crippen molar-refractivity contribution >= 4 is 11.6 Å². The van der Waals surface area contributed by atoms with E-state index in [4.69, 9.17) is 4.52 Å². The van der Waals surface area contributed by atoms with Crippen molar-refractivity contribution < 1.29 is 9.32 Å². The van der Waals surface area contributed by atoms with E-state index in [1.807, 2.05) is 0 Å². The topological polar surface area (TPSA) is 98.7 Å². The first-order valence-electron chi connectivity index (χ1n) is 7.92. The van der Waals surface area contributed by atoms with Crippen LogP contribution in [-0.2, 0) is 12.8 Å². The molecule has 0 fully saturated rings. The van der Waals surface area contributed by atoms with E-state index in [0.29, 0.717) is 17.2 Å². The summed E-state index contributed by atoms with van der Waals surface area (Å²) < 4.78 is 6.94. The van der Waals surface area contributed by atoms with E-state index in [0.717, 1.165) is 43.4 Å². The summed E-state index contributed by atoms with van der Waals surface area (Å²) in [4.78, 5) is 20.8. The third-order valence-electron chi connectivity index (χ3n) is 4.08. The molecular formula is C16H16N6O2. The normalized spacial score (nSPS) is 14.0. The fourth-order valence-corrected chi connectivity index (χ4v) is 2.91. The quantitative estimate of drug-likeness (QED) is 0.741. The first-order valence-corrected chi connectivity index (χ1v) is 7.92. The summed E-state index contributed by atoms with van der Waals surface area (Å²) in [7, 11) is 0. The molecule has 0 radical (unpaired) electrons. The second-order valence-corrected chi connectivity index (χ2v) is 5.66. The van der Waals surface area contributed by atoms with Crippen molar-refractivity contribution in [3.63, 3.8) is 0 Å². The first-order chi connectivity index (χ1) is 11.8. The van der Waals surface area contributed by atoms with Gasteiger partial charge in [-0.1, -0.05) is 11.6 Å². The summed E-state index contributed by atoms with van der Waals surface area (Å²) in [5.74, 6) is 1.01. The zero-order valence-corrected chi connectivity index (χ0v) is 13.0.